The van der Waals surface area contributed by atoms with Crippen molar-refractivity contribution in [2.75, 3.05) is 38.0 Å². The van der Waals surface area contributed by atoms with Gasteiger partial charge in [0.1, 0.15) is 0 Å². The van der Waals surface area contributed by atoms with Crippen LogP contribution in [0.2, 0.25) is 0 Å². The van der Waals surface area contributed by atoms with Crippen molar-refractivity contribution in [1.82, 2.24) is 0 Å². The summed E-state index contributed by atoms with van der Waals surface area (Å²) in [4.78, 5) is 4.28. The number of benzene rings is 3. The van der Waals surface area contributed by atoms with Crippen LogP contribution in [0.5, 0.6) is 0 Å². The minimum absolute atomic E-state index is 1.22. The molecule has 2 nitrogen and oxygen atoms in total. The summed E-state index contributed by atoms with van der Waals surface area (Å²) in [6, 6.07) is 24.2. The molecule has 0 saturated carbocycles. The van der Waals surface area contributed by atoms with Crippen LogP contribution in [0.1, 0.15) is 16.7 Å². The van der Waals surface area contributed by atoms with Crippen molar-refractivity contribution in [2.45, 2.75) is 0 Å². The lowest BCUT2D eigenvalue weighted by atomic mass is 10.0. The van der Waals surface area contributed by atoms with Crippen LogP contribution in [-0.2, 0) is 0 Å². The Morgan fingerprint density at radius 1 is 0.577 bits per heavy atom. The van der Waals surface area contributed by atoms with Gasteiger partial charge in [0, 0.05) is 39.6 Å². The molecule has 0 aliphatic heterocycles. The SMILES string of the molecule is CN(C)c1ccc(/C=C2/c3ccccc3-c3ccc(N(C)C)cc32)cc1. The Labute approximate surface area is 156 Å². The van der Waals surface area contributed by atoms with E-state index in [1.54, 1.807) is 0 Å². The van der Waals surface area contributed by atoms with E-state index in [0.717, 1.165) is 0 Å². The third kappa shape index (κ3) is 2.78. The highest BCUT2D eigenvalue weighted by Crippen LogP contribution is 2.46. The fraction of sp³-hybridized carbons (Fsp3) is 0.167. The van der Waals surface area contributed by atoms with Crippen LogP contribution in [0.15, 0.2) is 66.7 Å². The molecule has 1 aliphatic rings. The molecule has 1 aliphatic carbocycles. The molecular formula is C24H24N2. The zero-order chi connectivity index (χ0) is 18.3. The average Bonchev–Trinajstić information content (AvgIpc) is 2.96. The quantitative estimate of drug-likeness (QED) is 0.493. The number of rotatable bonds is 3. The van der Waals surface area contributed by atoms with Crippen molar-refractivity contribution in [3.05, 3.63) is 83.4 Å². The van der Waals surface area contributed by atoms with Crippen LogP contribution >= 0.6 is 0 Å². The van der Waals surface area contributed by atoms with Crippen LogP contribution < -0.4 is 9.80 Å². The molecule has 0 unspecified atom stereocenters. The maximum Gasteiger partial charge on any atom is 0.0367 e. The molecule has 0 heterocycles. The van der Waals surface area contributed by atoms with E-state index < -0.39 is 0 Å². The van der Waals surface area contributed by atoms with Gasteiger partial charge in [-0.2, -0.15) is 0 Å². The molecule has 0 saturated heterocycles. The van der Waals surface area contributed by atoms with Gasteiger partial charge in [0.25, 0.3) is 0 Å². The van der Waals surface area contributed by atoms with Gasteiger partial charge in [-0.25, -0.2) is 0 Å². The van der Waals surface area contributed by atoms with E-state index in [4.69, 9.17) is 0 Å². The Morgan fingerprint density at radius 3 is 1.81 bits per heavy atom. The van der Waals surface area contributed by atoms with E-state index in [1.165, 1.54) is 44.8 Å². The number of hydrogen-bond donors (Lipinski definition) is 0. The summed E-state index contributed by atoms with van der Waals surface area (Å²) in [5.74, 6) is 0. The molecule has 0 aromatic heterocycles. The fourth-order valence-corrected chi connectivity index (χ4v) is 3.56. The normalized spacial score (nSPS) is 13.5. The first-order valence-electron chi connectivity index (χ1n) is 8.95. The van der Waals surface area contributed by atoms with Crippen LogP contribution in [-0.4, -0.2) is 28.2 Å². The Kier molecular flexibility index (Phi) is 4.04. The van der Waals surface area contributed by atoms with E-state index in [2.05, 4.69) is 111 Å². The number of nitrogens with zero attached hydrogens (tertiary/aromatic N) is 2. The Hall–Kier alpha value is -3.00. The summed E-state index contributed by atoms with van der Waals surface area (Å²) >= 11 is 0. The molecular weight excluding hydrogens is 316 g/mol. The van der Waals surface area contributed by atoms with Crippen molar-refractivity contribution in [2.24, 2.45) is 0 Å². The molecule has 0 fully saturated rings. The Bertz CT molecular complexity index is 979. The van der Waals surface area contributed by atoms with Gasteiger partial charge < -0.3 is 9.80 Å². The van der Waals surface area contributed by atoms with Gasteiger partial charge in [-0.05, 0) is 63.7 Å². The molecule has 0 radical (unpaired) electrons. The maximum atomic E-state index is 2.31. The number of hydrogen-bond acceptors (Lipinski definition) is 2. The second-order valence-corrected chi connectivity index (χ2v) is 7.21. The Balaban J connectivity index is 1.86. The molecule has 2 heteroatoms. The number of fused-ring (bicyclic) bond motifs is 3. The third-order valence-corrected chi connectivity index (χ3v) is 5.04. The van der Waals surface area contributed by atoms with Crippen LogP contribution in [0, 0.1) is 0 Å². The molecule has 130 valence electrons. The zero-order valence-corrected chi connectivity index (χ0v) is 15.8. The van der Waals surface area contributed by atoms with Crippen molar-refractivity contribution in [3.63, 3.8) is 0 Å². The first-order chi connectivity index (χ1) is 12.5. The van der Waals surface area contributed by atoms with Crippen LogP contribution in [0.25, 0.3) is 22.8 Å². The highest BCUT2D eigenvalue weighted by molar-refractivity contribution is 6.07. The van der Waals surface area contributed by atoms with Gasteiger partial charge >= 0.3 is 0 Å². The summed E-state index contributed by atoms with van der Waals surface area (Å²) in [6.45, 7) is 0. The third-order valence-electron chi connectivity index (χ3n) is 5.04. The highest BCUT2D eigenvalue weighted by Gasteiger charge is 2.23. The lowest BCUT2D eigenvalue weighted by Gasteiger charge is -2.14. The van der Waals surface area contributed by atoms with Crippen LogP contribution in [0.4, 0.5) is 11.4 Å². The zero-order valence-electron chi connectivity index (χ0n) is 15.8. The monoisotopic (exact) mass is 340 g/mol. The molecule has 0 bridgehead atoms. The minimum atomic E-state index is 1.22. The molecule has 0 N–H and O–H groups in total. The maximum absolute atomic E-state index is 2.31. The van der Waals surface area contributed by atoms with Crippen LogP contribution in [0.3, 0.4) is 0 Å². The largest absolute Gasteiger partial charge is 0.378 e. The summed E-state index contributed by atoms with van der Waals surface area (Å²) in [5, 5.41) is 0. The van der Waals surface area contributed by atoms with Crippen molar-refractivity contribution >= 4 is 23.0 Å². The summed E-state index contributed by atoms with van der Waals surface area (Å²) < 4.78 is 0. The van der Waals surface area contributed by atoms with Crippen molar-refractivity contribution in [3.8, 4) is 11.1 Å². The molecule has 4 rings (SSSR count). The van der Waals surface area contributed by atoms with Gasteiger partial charge in [-0.3, -0.25) is 0 Å². The average molecular weight is 340 g/mol. The predicted octanol–water partition coefficient (Wildman–Crippen LogP) is 5.39. The van der Waals surface area contributed by atoms with E-state index in [0.29, 0.717) is 0 Å². The van der Waals surface area contributed by atoms with E-state index in [-0.39, 0.29) is 0 Å². The molecule has 3 aromatic rings. The Morgan fingerprint density at radius 2 is 1.15 bits per heavy atom. The van der Waals surface area contributed by atoms with Crippen molar-refractivity contribution in [1.29, 1.82) is 0 Å². The summed E-state index contributed by atoms with van der Waals surface area (Å²) in [7, 11) is 8.32. The van der Waals surface area contributed by atoms with Gasteiger partial charge in [0.05, 0.1) is 0 Å². The number of anilines is 2. The standard InChI is InChI=1S/C24H24N2/c1-25(2)18-11-9-17(10-12-18)15-23-21-8-6-5-7-20(21)22-14-13-19(26(3)4)16-24(22)23/h5-16H,1-4H3/b23-15-. The lowest BCUT2D eigenvalue weighted by Crippen LogP contribution is -2.08. The molecule has 0 atom stereocenters. The van der Waals surface area contributed by atoms with Gasteiger partial charge in [0.2, 0.25) is 0 Å². The van der Waals surface area contributed by atoms with Gasteiger partial charge in [-0.15, -0.1) is 0 Å². The summed E-state index contributed by atoms with van der Waals surface area (Å²) in [6.07, 6.45) is 2.31. The second kappa shape index (κ2) is 6.38. The van der Waals surface area contributed by atoms with E-state index in [1.807, 2.05) is 0 Å². The molecule has 0 spiro atoms. The molecule has 0 amide bonds. The predicted molar refractivity (Wildman–Crippen MR) is 114 cm³/mol. The van der Waals surface area contributed by atoms with Gasteiger partial charge in [-0.1, -0.05) is 42.5 Å². The highest BCUT2D eigenvalue weighted by atomic mass is 15.1. The van der Waals surface area contributed by atoms with Gasteiger partial charge in [0.15, 0.2) is 0 Å². The minimum Gasteiger partial charge on any atom is -0.378 e. The lowest BCUT2D eigenvalue weighted by molar-refractivity contribution is 1.13. The smallest absolute Gasteiger partial charge is 0.0367 e. The topological polar surface area (TPSA) is 6.48 Å². The van der Waals surface area contributed by atoms with E-state index >= 15 is 0 Å². The second-order valence-electron chi connectivity index (χ2n) is 7.21. The fourth-order valence-electron chi connectivity index (χ4n) is 3.56. The van der Waals surface area contributed by atoms with E-state index in [9.17, 15) is 0 Å². The molecule has 26 heavy (non-hydrogen) atoms. The first-order valence-corrected chi connectivity index (χ1v) is 8.95. The first kappa shape index (κ1) is 16.5. The van der Waals surface area contributed by atoms with Crippen molar-refractivity contribution < 1.29 is 0 Å². The summed E-state index contributed by atoms with van der Waals surface area (Å²) in [5.41, 5.74) is 10.2. The molecule has 3 aromatic carbocycles.